The lowest BCUT2D eigenvalue weighted by molar-refractivity contribution is -0.137. The van der Waals surface area contributed by atoms with E-state index in [0.717, 1.165) is 0 Å². The highest BCUT2D eigenvalue weighted by Gasteiger charge is 2.13. The first-order valence-corrected chi connectivity index (χ1v) is 5.81. The van der Waals surface area contributed by atoms with Crippen molar-refractivity contribution in [2.75, 3.05) is 11.9 Å². The summed E-state index contributed by atoms with van der Waals surface area (Å²) in [5, 5.41) is 12.6. The van der Waals surface area contributed by atoms with Crippen LogP contribution in [0.25, 0.3) is 0 Å². The Labute approximate surface area is 112 Å². The Morgan fingerprint density at radius 2 is 1.70 bits per heavy atom. The van der Waals surface area contributed by atoms with Crippen LogP contribution in [0.15, 0.2) is 12.1 Å². The molecule has 8 heteroatoms. The van der Waals surface area contributed by atoms with Gasteiger partial charge in [0, 0.05) is 25.1 Å². The smallest absolute Gasteiger partial charge is 0.319 e. The Morgan fingerprint density at radius 3 is 2.25 bits per heavy atom. The zero-order valence-corrected chi connectivity index (χ0v) is 10.4. The van der Waals surface area contributed by atoms with Gasteiger partial charge in [-0.25, -0.2) is 18.0 Å². The molecule has 0 fully saturated rings. The number of carbonyl (C=O) groups excluding carboxylic acids is 1. The van der Waals surface area contributed by atoms with Crippen LogP contribution >= 0.6 is 0 Å². The van der Waals surface area contributed by atoms with Gasteiger partial charge in [-0.15, -0.1) is 0 Å². The first-order chi connectivity index (χ1) is 9.40. The molecule has 0 bridgehead atoms. The van der Waals surface area contributed by atoms with Gasteiger partial charge in [-0.2, -0.15) is 0 Å². The van der Waals surface area contributed by atoms with Gasteiger partial charge in [-0.1, -0.05) is 0 Å². The molecule has 0 aromatic heterocycles. The molecule has 0 heterocycles. The second-order valence-electron chi connectivity index (χ2n) is 3.98. The third kappa shape index (κ3) is 5.17. The van der Waals surface area contributed by atoms with E-state index in [-0.39, 0.29) is 13.0 Å². The molecule has 110 valence electrons. The fourth-order valence-electron chi connectivity index (χ4n) is 1.42. The lowest BCUT2D eigenvalue weighted by atomic mass is 10.2. The van der Waals surface area contributed by atoms with Gasteiger partial charge in [-0.3, -0.25) is 4.79 Å². The van der Waals surface area contributed by atoms with Crippen molar-refractivity contribution in [3.63, 3.8) is 0 Å². The minimum absolute atomic E-state index is 0.0233. The van der Waals surface area contributed by atoms with E-state index in [1.165, 1.54) is 0 Å². The highest BCUT2D eigenvalue weighted by molar-refractivity contribution is 5.89. The zero-order valence-electron chi connectivity index (χ0n) is 10.4. The number of carbonyl (C=O) groups is 2. The average molecular weight is 290 g/mol. The summed E-state index contributed by atoms with van der Waals surface area (Å²) < 4.78 is 39.1. The largest absolute Gasteiger partial charge is 0.481 e. The monoisotopic (exact) mass is 290 g/mol. The number of halogens is 3. The standard InChI is InChI=1S/C12H13F3N2O3/c13-7-5-8(14)11(9(15)6-7)17-12(20)16-4-2-1-3-10(18)19/h5-6H,1-4H2,(H,18,19)(H2,16,17,20). The van der Waals surface area contributed by atoms with Crippen LogP contribution in [0.1, 0.15) is 19.3 Å². The van der Waals surface area contributed by atoms with Crippen molar-refractivity contribution in [2.45, 2.75) is 19.3 Å². The Hall–Kier alpha value is -2.25. The number of hydrogen-bond donors (Lipinski definition) is 3. The van der Waals surface area contributed by atoms with E-state index < -0.39 is 35.1 Å². The normalized spacial score (nSPS) is 10.2. The summed E-state index contributed by atoms with van der Waals surface area (Å²) in [7, 11) is 0. The fourth-order valence-corrected chi connectivity index (χ4v) is 1.42. The molecule has 0 unspecified atom stereocenters. The van der Waals surface area contributed by atoms with Crippen LogP contribution in [0.5, 0.6) is 0 Å². The van der Waals surface area contributed by atoms with Crippen LogP contribution in [0.2, 0.25) is 0 Å². The third-order valence-corrected chi connectivity index (χ3v) is 2.35. The molecule has 3 N–H and O–H groups in total. The van der Waals surface area contributed by atoms with Gasteiger partial charge >= 0.3 is 12.0 Å². The molecule has 0 aliphatic heterocycles. The molecule has 1 aromatic rings. The number of rotatable bonds is 6. The molecule has 0 aliphatic rings. The molecular weight excluding hydrogens is 277 g/mol. The SMILES string of the molecule is O=C(O)CCCCNC(=O)Nc1c(F)cc(F)cc1F. The number of unbranched alkanes of at least 4 members (excludes halogenated alkanes) is 1. The van der Waals surface area contributed by atoms with Crippen LogP contribution in [0.4, 0.5) is 23.7 Å². The van der Waals surface area contributed by atoms with Gasteiger partial charge in [0.2, 0.25) is 0 Å². The first-order valence-electron chi connectivity index (χ1n) is 5.81. The van der Waals surface area contributed by atoms with Crippen molar-refractivity contribution >= 4 is 17.7 Å². The van der Waals surface area contributed by atoms with E-state index in [1.807, 2.05) is 5.32 Å². The number of carboxylic acid groups (broad SMARTS) is 1. The molecule has 0 spiro atoms. The van der Waals surface area contributed by atoms with Crippen molar-refractivity contribution in [2.24, 2.45) is 0 Å². The maximum atomic E-state index is 13.2. The Bertz CT molecular complexity index is 486. The minimum Gasteiger partial charge on any atom is -0.481 e. The van der Waals surface area contributed by atoms with Crippen LogP contribution in [0, 0.1) is 17.5 Å². The number of amides is 2. The predicted molar refractivity (Wildman–Crippen MR) is 64.8 cm³/mol. The van der Waals surface area contributed by atoms with Crippen LogP contribution < -0.4 is 10.6 Å². The molecule has 0 radical (unpaired) electrons. The highest BCUT2D eigenvalue weighted by atomic mass is 19.1. The van der Waals surface area contributed by atoms with E-state index in [0.29, 0.717) is 25.0 Å². The minimum atomic E-state index is -1.22. The van der Waals surface area contributed by atoms with Gasteiger partial charge < -0.3 is 15.7 Å². The van der Waals surface area contributed by atoms with Crippen molar-refractivity contribution in [3.8, 4) is 0 Å². The topological polar surface area (TPSA) is 78.4 Å². The van der Waals surface area contributed by atoms with Crippen molar-refractivity contribution in [1.29, 1.82) is 0 Å². The molecule has 1 aromatic carbocycles. The summed E-state index contributed by atoms with van der Waals surface area (Å²) in [5.74, 6) is -4.46. The van der Waals surface area contributed by atoms with Crippen molar-refractivity contribution < 1.29 is 27.9 Å². The van der Waals surface area contributed by atoms with E-state index >= 15 is 0 Å². The molecule has 0 saturated carbocycles. The first kappa shape index (κ1) is 15.8. The number of anilines is 1. The molecule has 20 heavy (non-hydrogen) atoms. The predicted octanol–water partition coefficient (Wildman–Crippen LogP) is 2.48. The fraction of sp³-hybridized carbons (Fsp3) is 0.333. The van der Waals surface area contributed by atoms with E-state index in [4.69, 9.17) is 5.11 Å². The van der Waals surface area contributed by atoms with Crippen molar-refractivity contribution in [3.05, 3.63) is 29.6 Å². The molecule has 0 atom stereocenters. The van der Waals surface area contributed by atoms with Crippen LogP contribution in [-0.2, 0) is 4.79 Å². The third-order valence-electron chi connectivity index (χ3n) is 2.35. The summed E-state index contributed by atoms with van der Waals surface area (Å²) in [6.45, 7) is 0.156. The molecule has 0 aliphatic carbocycles. The zero-order chi connectivity index (χ0) is 15.1. The Morgan fingerprint density at radius 1 is 1.10 bits per heavy atom. The van der Waals surface area contributed by atoms with E-state index in [9.17, 15) is 22.8 Å². The lowest BCUT2D eigenvalue weighted by Gasteiger charge is -2.09. The van der Waals surface area contributed by atoms with Gasteiger partial charge in [0.05, 0.1) is 0 Å². The van der Waals surface area contributed by atoms with Gasteiger partial charge in [0.25, 0.3) is 0 Å². The number of benzene rings is 1. The number of carboxylic acids is 1. The maximum absolute atomic E-state index is 13.2. The summed E-state index contributed by atoms with van der Waals surface area (Å²) in [5.41, 5.74) is -0.741. The maximum Gasteiger partial charge on any atom is 0.319 e. The second-order valence-corrected chi connectivity index (χ2v) is 3.98. The molecular formula is C12H13F3N2O3. The summed E-state index contributed by atoms with van der Waals surface area (Å²) in [4.78, 5) is 21.6. The Kier molecular flexibility index (Phi) is 5.82. The molecule has 5 nitrogen and oxygen atoms in total. The molecule has 1 rings (SSSR count). The van der Waals surface area contributed by atoms with Crippen LogP contribution in [-0.4, -0.2) is 23.7 Å². The van der Waals surface area contributed by atoms with E-state index in [2.05, 4.69) is 5.32 Å². The summed E-state index contributed by atoms with van der Waals surface area (Å²) >= 11 is 0. The summed E-state index contributed by atoms with van der Waals surface area (Å²) in [6.07, 6.45) is 0.757. The average Bonchev–Trinajstić information content (AvgIpc) is 2.33. The van der Waals surface area contributed by atoms with Gasteiger partial charge in [-0.05, 0) is 12.8 Å². The van der Waals surface area contributed by atoms with Crippen LogP contribution in [0.3, 0.4) is 0 Å². The molecule has 2 amide bonds. The van der Waals surface area contributed by atoms with Crippen molar-refractivity contribution in [1.82, 2.24) is 5.32 Å². The number of hydrogen-bond acceptors (Lipinski definition) is 2. The summed E-state index contributed by atoms with van der Waals surface area (Å²) in [6, 6.07) is 0.0432. The van der Waals surface area contributed by atoms with Gasteiger partial charge in [0.1, 0.15) is 11.5 Å². The number of nitrogens with one attached hydrogen (secondary N) is 2. The van der Waals surface area contributed by atoms with Gasteiger partial charge in [0.15, 0.2) is 11.6 Å². The Balaban J connectivity index is 2.41. The quantitative estimate of drug-likeness (QED) is 0.704. The number of aliphatic carboxylic acids is 1. The highest BCUT2D eigenvalue weighted by Crippen LogP contribution is 2.19. The number of urea groups is 1. The second kappa shape index (κ2) is 7.37. The molecule has 0 saturated heterocycles. The van der Waals surface area contributed by atoms with E-state index in [1.54, 1.807) is 0 Å². The lowest BCUT2D eigenvalue weighted by Crippen LogP contribution is -2.30.